The minimum absolute atomic E-state index is 0.00895. The molecule has 2 unspecified atom stereocenters. The maximum atomic E-state index is 14.6. The quantitative estimate of drug-likeness (QED) is 0.246. The number of halogens is 3. The van der Waals surface area contributed by atoms with Crippen LogP contribution in [-0.4, -0.2) is 110 Å². The van der Waals surface area contributed by atoms with Gasteiger partial charge in [-0.25, -0.2) is 18.2 Å². The fourth-order valence-corrected chi connectivity index (χ4v) is 8.88. The van der Waals surface area contributed by atoms with E-state index in [9.17, 15) is 40.8 Å². The zero-order chi connectivity index (χ0) is 44.6. The summed E-state index contributed by atoms with van der Waals surface area (Å²) in [6, 6.07) is 9.38. The number of methoxy groups -OCH3 is 1. The van der Waals surface area contributed by atoms with Crippen LogP contribution in [0.4, 0.5) is 18.0 Å². The van der Waals surface area contributed by atoms with Crippen molar-refractivity contribution in [3.8, 4) is 28.6 Å². The Morgan fingerprint density at radius 1 is 1.00 bits per heavy atom. The molecule has 20 heteroatoms. The van der Waals surface area contributed by atoms with Crippen molar-refractivity contribution in [2.75, 3.05) is 26.9 Å². The van der Waals surface area contributed by atoms with E-state index in [-0.39, 0.29) is 44.9 Å². The molecular weight excluding hydrogens is 840 g/mol. The fourth-order valence-electron chi connectivity index (χ4n) is 7.52. The van der Waals surface area contributed by atoms with Crippen molar-refractivity contribution in [3.05, 3.63) is 60.7 Å². The maximum Gasteiger partial charge on any atom is 0.573 e. The molecule has 3 aromatic rings. The largest absolute Gasteiger partial charge is 0.573 e. The third-order valence-electron chi connectivity index (χ3n) is 10.8. The number of ether oxygens (including phenoxy) is 5. The first-order valence-electron chi connectivity index (χ1n) is 20.2. The summed E-state index contributed by atoms with van der Waals surface area (Å²) in [6.45, 7) is 5.08. The van der Waals surface area contributed by atoms with Gasteiger partial charge in [-0.05, 0) is 100 Å². The van der Waals surface area contributed by atoms with Crippen molar-refractivity contribution in [2.45, 2.75) is 100 Å². The monoisotopic (exact) mass is 887 g/mol. The molecule has 4 aliphatic rings. The van der Waals surface area contributed by atoms with E-state index < -0.39 is 86.4 Å². The number of rotatable bonds is 9. The highest BCUT2D eigenvalue weighted by Gasteiger charge is 2.62. The van der Waals surface area contributed by atoms with Crippen molar-refractivity contribution in [2.24, 2.45) is 5.92 Å². The van der Waals surface area contributed by atoms with Crippen molar-refractivity contribution in [3.63, 3.8) is 0 Å². The van der Waals surface area contributed by atoms with Crippen LogP contribution in [-0.2, 0) is 33.9 Å². The Labute approximate surface area is 355 Å². The molecule has 4 amide bonds. The smallest absolute Gasteiger partial charge is 0.497 e. The first kappa shape index (κ1) is 44.4. The Hall–Kier alpha value is -5.63. The molecule has 5 atom stereocenters. The summed E-state index contributed by atoms with van der Waals surface area (Å²) in [5.41, 5.74) is -1.81. The van der Waals surface area contributed by atoms with E-state index in [1.165, 1.54) is 24.1 Å². The van der Waals surface area contributed by atoms with Gasteiger partial charge in [-0.1, -0.05) is 12.2 Å². The summed E-state index contributed by atoms with van der Waals surface area (Å²) in [4.78, 5) is 62.0. The van der Waals surface area contributed by atoms with Crippen molar-refractivity contribution < 1.29 is 64.5 Å². The number of sulfonamides is 1. The zero-order valence-electron chi connectivity index (χ0n) is 34.5. The van der Waals surface area contributed by atoms with Crippen LogP contribution in [0.25, 0.3) is 22.0 Å². The van der Waals surface area contributed by atoms with Gasteiger partial charge in [-0.2, -0.15) is 0 Å². The maximum absolute atomic E-state index is 14.6. The number of aromatic nitrogens is 1. The molecule has 3 N–H and O–H groups in total. The molecule has 334 valence electrons. The minimum atomic E-state index is -4.89. The second kappa shape index (κ2) is 17.3. The van der Waals surface area contributed by atoms with Gasteiger partial charge in [0.25, 0.3) is 5.91 Å². The van der Waals surface area contributed by atoms with Crippen LogP contribution < -0.4 is 29.6 Å². The number of hydrogen-bond donors (Lipinski definition) is 3. The summed E-state index contributed by atoms with van der Waals surface area (Å²) in [6.07, 6.45) is -1.95. The lowest BCUT2D eigenvalue weighted by molar-refractivity contribution is -0.274. The second-order valence-corrected chi connectivity index (χ2v) is 18.7. The second-order valence-electron chi connectivity index (χ2n) is 16.7. The lowest BCUT2D eigenvalue weighted by atomic mass is 10.1. The van der Waals surface area contributed by atoms with Gasteiger partial charge in [-0.3, -0.25) is 19.1 Å². The lowest BCUT2D eigenvalue weighted by Crippen LogP contribution is -2.58. The summed E-state index contributed by atoms with van der Waals surface area (Å²) >= 11 is 0. The highest BCUT2D eigenvalue weighted by atomic mass is 32.2. The number of nitrogens with zero attached hydrogens (tertiary/aromatic N) is 2. The molecule has 2 aromatic carbocycles. The van der Waals surface area contributed by atoms with E-state index >= 15 is 0 Å². The number of carbonyl (C=O) groups excluding carboxylic acids is 4. The predicted octanol–water partition coefficient (Wildman–Crippen LogP) is 4.90. The normalized spacial score (nSPS) is 25.2. The predicted molar refractivity (Wildman–Crippen MR) is 216 cm³/mol. The molecule has 16 nitrogen and oxygen atoms in total. The highest BCUT2D eigenvalue weighted by Crippen LogP contribution is 2.46. The van der Waals surface area contributed by atoms with Crippen LogP contribution in [0.15, 0.2) is 60.7 Å². The molecule has 2 aliphatic heterocycles. The van der Waals surface area contributed by atoms with Gasteiger partial charge < -0.3 is 39.2 Å². The average Bonchev–Trinajstić information content (AvgIpc) is 4.12. The number of carbonyl (C=O) groups is 4. The van der Waals surface area contributed by atoms with E-state index in [1.807, 2.05) is 0 Å². The van der Waals surface area contributed by atoms with E-state index in [2.05, 4.69) is 20.1 Å². The first-order valence-corrected chi connectivity index (χ1v) is 21.7. The fraction of sp³-hybridized carbons (Fsp3) is 0.500. The van der Waals surface area contributed by atoms with Crippen molar-refractivity contribution in [1.29, 1.82) is 0 Å². The van der Waals surface area contributed by atoms with Gasteiger partial charge in [0.1, 0.15) is 40.8 Å². The van der Waals surface area contributed by atoms with Gasteiger partial charge >= 0.3 is 12.5 Å². The standard InChI is InChI=1S/C42H48F3N5O11S/c1-40(2,3)61-39(54)47-32-16-18-58-17-6-5-7-26-22-41(26,38(53)49-62(55,56)30-13-14-30)48-35(51)34-21-29(23-50(34)37(32)52)59-36-31-15-12-28(57-4)19-25(31)20-33(46-36)24-8-10-27(11-9-24)60-42(43,44)45/h5,7-12,15,19-20,26,29-30,32,34H,6,13-14,16-18,21-23H2,1-4H3,(H,47,54)(H,48,51)(H,49,53)/b7-5-/t26?,29?,32-,34-,41+/m0/s1. The third-order valence-corrected chi connectivity index (χ3v) is 12.6. The van der Waals surface area contributed by atoms with Crippen LogP contribution >= 0.6 is 0 Å². The van der Waals surface area contributed by atoms with Crippen LogP contribution in [0, 0.1) is 5.92 Å². The van der Waals surface area contributed by atoms with Crippen LogP contribution in [0.3, 0.4) is 0 Å². The van der Waals surface area contributed by atoms with Gasteiger partial charge in [0.15, 0.2) is 0 Å². The van der Waals surface area contributed by atoms with Crippen LogP contribution in [0.5, 0.6) is 17.4 Å². The van der Waals surface area contributed by atoms with Gasteiger partial charge in [0, 0.05) is 36.3 Å². The molecule has 2 aliphatic carbocycles. The number of nitrogens with one attached hydrogen (secondary N) is 3. The summed E-state index contributed by atoms with van der Waals surface area (Å²) in [7, 11) is -2.50. The topological polar surface area (TPSA) is 201 Å². The number of amides is 4. The number of fused-ring (bicyclic) bond motifs is 3. The highest BCUT2D eigenvalue weighted by molar-refractivity contribution is 7.91. The number of pyridine rings is 1. The van der Waals surface area contributed by atoms with Crippen molar-refractivity contribution in [1.82, 2.24) is 25.2 Å². The van der Waals surface area contributed by atoms with Gasteiger partial charge in [0.2, 0.25) is 27.7 Å². The summed E-state index contributed by atoms with van der Waals surface area (Å²) < 4.78 is 93.9. The molecule has 0 bridgehead atoms. The molecule has 3 heterocycles. The first-order chi connectivity index (χ1) is 29.2. The zero-order valence-corrected chi connectivity index (χ0v) is 35.3. The van der Waals surface area contributed by atoms with Crippen LogP contribution in [0.2, 0.25) is 0 Å². The molecular formula is C42H48F3N5O11S. The number of hydrogen-bond acceptors (Lipinski definition) is 12. The Morgan fingerprint density at radius 3 is 2.40 bits per heavy atom. The Kier molecular flexibility index (Phi) is 12.4. The summed E-state index contributed by atoms with van der Waals surface area (Å²) in [5.74, 6) is -2.73. The molecule has 7 rings (SSSR count). The van der Waals surface area contributed by atoms with Crippen molar-refractivity contribution >= 4 is 44.6 Å². The molecule has 0 radical (unpaired) electrons. The van der Waals surface area contributed by atoms with Gasteiger partial charge in [0.05, 0.1) is 31.2 Å². The minimum Gasteiger partial charge on any atom is -0.497 e. The van der Waals surface area contributed by atoms with E-state index in [0.29, 0.717) is 47.0 Å². The summed E-state index contributed by atoms with van der Waals surface area (Å²) in [5, 5.41) is 5.82. The SMILES string of the molecule is COc1ccc2c(OC3C[C@H]4C(=O)N[C@]5(C(=O)NS(=O)(=O)C6CC6)CC5/C=C\CCOCC[C@H](NC(=O)OC(C)(C)C)C(=O)N4C3)nc(-c3ccc(OC(F)(F)F)cc3)cc2c1. The van der Waals surface area contributed by atoms with E-state index in [0.717, 1.165) is 12.1 Å². The molecule has 62 heavy (non-hydrogen) atoms. The molecule has 0 spiro atoms. The third kappa shape index (κ3) is 10.5. The average molecular weight is 888 g/mol. The van der Waals surface area contributed by atoms with Crippen LogP contribution in [0.1, 0.15) is 59.3 Å². The van der Waals surface area contributed by atoms with Gasteiger partial charge in [-0.15, -0.1) is 13.2 Å². The molecule has 2 saturated carbocycles. The number of benzene rings is 2. The molecule has 1 aromatic heterocycles. The van der Waals surface area contributed by atoms with E-state index in [1.54, 1.807) is 57.2 Å². The Balaban J connectivity index is 1.23. The van der Waals surface area contributed by atoms with E-state index in [4.69, 9.17) is 23.9 Å². The molecule has 1 saturated heterocycles. The number of alkyl carbamates (subject to hydrolysis) is 1. The molecule has 3 fully saturated rings. The Bertz CT molecular complexity index is 2350. The number of alkyl halides is 3. The lowest BCUT2D eigenvalue weighted by Gasteiger charge is -2.30. The Morgan fingerprint density at radius 2 is 1.73 bits per heavy atom.